The first kappa shape index (κ1) is 11.5. The summed E-state index contributed by atoms with van der Waals surface area (Å²) < 4.78 is 12.7. The van der Waals surface area contributed by atoms with Gasteiger partial charge in [0, 0.05) is 9.79 Å². The molecule has 0 unspecified atom stereocenters. The van der Waals surface area contributed by atoms with E-state index in [1.54, 1.807) is 24.3 Å². The summed E-state index contributed by atoms with van der Waals surface area (Å²) in [5.41, 5.74) is 6.77. The SMILES string of the molecule is N#Cc1cccc(Sc2ccc(F)cc2)c1N. The Kier molecular flexibility index (Phi) is 3.31. The number of nitrogens with zero attached hydrogens (tertiary/aromatic N) is 1. The summed E-state index contributed by atoms with van der Waals surface area (Å²) in [4.78, 5) is 1.68. The number of rotatable bonds is 2. The molecule has 2 nitrogen and oxygen atoms in total. The Hall–Kier alpha value is -1.99. The van der Waals surface area contributed by atoms with Crippen molar-refractivity contribution in [3.63, 3.8) is 0 Å². The monoisotopic (exact) mass is 244 g/mol. The van der Waals surface area contributed by atoms with Gasteiger partial charge in [-0.25, -0.2) is 4.39 Å². The maximum Gasteiger partial charge on any atom is 0.123 e. The highest BCUT2D eigenvalue weighted by Crippen LogP contribution is 2.33. The molecule has 0 bridgehead atoms. The van der Waals surface area contributed by atoms with Crippen molar-refractivity contribution < 1.29 is 4.39 Å². The zero-order valence-electron chi connectivity index (χ0n) is 8.85. The van der Waals surface area contributed by atoms with Gasteiger partial charge in [-0.1, -0.05) is 17.8 Å². The maximum absolute atomic E-state index is 12.7. The first-order valence-corrected chi connectivity index (χ1v) is 5.74. The number of nitriles is 1. The fraction of sp³-hybridized carbons (Fsp3) is 0. The Morgan fingerprint density at radius 2 is 1.82 bits per heavy atom. The minimum Gasteiger partial charge on any atom is -0.397 e. The second kappa shape index (κ2) is 4.89. The van der Waals surface area contributed by atoms with Gasteiger partial charge in [0.05, 0.1) is 11.3 Å². The third kappa shape index (κ3) is 2.58. The molecule has 2 rings (SSSR count). The van der Waals surface area contributed by atoms with E-state index < -0.39 is 0 Å². The van der Waals surface area contributed by atoms with Crippen LogP contribution < -0.4 is 5.73 Å². The predicted molar refractivity (Wildman–Crippen MR) is 66.1 cm³/mol. The van der Waals surface area contributed by atoms with Gasteiger partial charge in [0.2, 0.25) is 0 Å². The van der Waals surface area contributed by atoms with E-state index in [2.05, 4.69) is 0 Å². The van der Waals surface area contributed by atoms with E-state index in [0.717, 1.165) is 9.79 Å². The lowest BCUT2D eigenvalue weighted by molar-refractivity contribution is 0.626. The van der Waals surface area contributed by atoms with E-state index in [0.29, 0.717) is 11.3 Å². The Bertz CT molecular complexity index is 573. The van der Waals surface area contributed by atoms with E-state index in [9.17, 15) is 4.39 Å². The van der Waals surface area contributed by atoms with Crippen LogP contribution in [0.1, 0.15) is 5.56 Å². The molecule has 2 N–H and O–H groups in total. The molecule has 0 radical (unpaired) electrons. The van der Waals surface area contributed by atoms with Crippen LogP contribution in [0.4, 0.5) is 10.1 Å². The van der Waals surface area contributed by atoms with Crippen molar-refractivity contribution >= 4 is 17.4 Å². The van der Waals surface area contributed by atoms with Gasteiger partial charge in [0.1, 0.15) is 11.9 Å². The van der Waals surface area contributed by atoms with Crippen molar-refractivity contribution in [2.45, 2.75) is 9.79 Å². The maximum atomic E-state index is 12.7. The van der Waals surface area contributed by atoms with Crippen LogP contribution in [0.2, 0.25) is 0 Å². The third-order valence-electron chi connectivity index (χ3n) is 2.23. The number of benzene rings is 2. The Morgan fingerprint density at radius 1 is 1.12 bits per heavy atom. The summed E-state index contributed by atoms with van der Waals surface area (Å²) >= 11 is 1.41. The number of halogens is 1. The number of anilines is 1. The summed E-state index contributed by atoms with van der Waals surface area (Å²) in [6.07, 6.45) is 0. The average Bonchev–Trinajstić information content (AvgIpc) is 2.35. The molecule has 84 valence electrons. The molecule has 2 aromatic carbocycles. The molecule has 0 spiro atoms. The summed E-state index contributed by atoms with van der Waals surface area (Å²) in [5, 5.41) is 8.86. The molecule has 4 heteroatoms. The first-order chi connectivity index (χ1) is 8.20. The van der Waals surface area contributed by atoms with Crippen molar-refractivity contribution in [3.05, 3.63) is 53.8 Å². The molecule has 0 aromatic heterocycles. The highest BCUT2D eigenvalue weighted by molar-refractivity contribution is 7.99. The standard InChI is InChI=1S/C13H9FN2S/c14-10-4-6-11(7-5-10)17-12-3-1-2-9(8-15)13(12)16/h1-7H,16H2. The lowest BCUT2D eigenvalue weighted by Gasteiger charge is -2.06. The van der Waals surface area contributed by atoms with Gasteiger partial charge in [0.25, 0.3) is 0 Å². The highest BCUT2D eigenvalue weighted by atomic mass is 32.2. The molecule has 0 aliphatic heterocycles. The topological polar surface area (TPSA) is 49.8 Å². The van der Waals surface area contributed by atoms with Gasteiger partial charge in [-0.15, -0.1) is 0 Å². The lowest BCUT2D eigenvalue weighted by atomic mass is 10.2. The summed E-state index contributed by atoms with van der Waals surface area (Å²) in [6.45, 7) is 0. The van der Waals surface area contributed by atoms with Crippen LogP contribution in [0.15, 0.2) is 52.3 Å². The smallest absolute Gasteiger partial charge is 0.123 e. The number of nitrogen functional groups attached to an aromatic ring is 1. The molecule has 17 heavy (non-hydrogen) atoms. The van der Waals surface area contributed by atoms with Crippen LogP contribution in [0.3, 0.4) is 0 Å². The molecule has 0 aliphatic carbocycles. The molecular weight excluding hydrogens is 235 g/mol. The quantitative estimate of drug-likeness (QED) is 0.823. The fourth-order valence-electron chi connectivity index (χ4n) is 1.36. The fourth-order valence-corrected chi connectivity index (χ4v) is 2.25. The average molecular weight is 244 g/mol. The Balaban J connectivity index is 2.31. The molecule has 0 heterocycles. The van der Waals surface area contributed by atoms with Crippen molar-refractivity contribution in [1.29, 1.82) is 5.26 Å². The lowest BCUT2D eigenvalue weighted by Crippen LogP contribution is -1.92. The van der Waals surface area contributed by atoms with Gasteiger partial charge in [-0.2, -0.15) is 5.26 Å². The zero-order chi connectivity index (χ0) is 12.3. The van der Waals surface area contributed by atoms with Crippen LogP contribution in [0, 0.1) is 17.1 Å². The van der Waals surface area contributed by atoms with Gasteiger partial charge in [-0.3, -0.25) is 0 Å². The van der Waals surface area contributed by atoms with Crippen LogP contribution in [-0.4, -0.2) is 0 Å². The van der Waals surface area contributed by atoms with Gasteiger partial charge in [0.15, 0.2) is 0 Å². The largest absolute Gasteiger partial charge is 0.397 e. The van der Waals surface area contributed by atoms with E-state index in [1.165, 1.54) is 23.9 Å². The van der Waals surface area contributed by atoms with Crippen LogP contribution in [-0.2, 0) is 0 Å². The molecule has 0 saturated carbocycles. The summed E-state index contributed by atoms with van der Waals surface area (Å²) in [6, 6.07) is 13.5. The van der Waals surface area contributed by atoms with Crippen molar-refractivity contribution in [3.8, 4) is 6.07 Å². The Morgan fingerprint density at radius 3 is 2.47 bits per heavy atom. The number of hydrogen-bond acceptors (Lipinski definition) is 3. The number of hydrogen-bond donors (Lipinski definition) is 1. The van der Waals surface area contributed by atoms with Gasteiger partial charge >= 0.3 is 0 Å². The van der Waals surface area contributed by atoms with E-state index in [-0.39, 0.29) is 5.82 Å². The van der Waals surface area contributed by atoms with Gasteiger partial charge in [-0.05, 0) is 36.4 Å². The van der Waals surface area contributed by atoms with Crippen molar-refractivity contribution in [2.24, 2.45) is 0 Å². The number of para-hydroxylation sites is 1. The summed E-state index contributed by atoms with van der Waals surface area (Å²) in [7, 11) is 0. The molecule has 0 atom stereocenters. The summed E-state index contributed by atoms with van der Waals surface area (Å²) in [5.74, 6) is -0.270. The number of nitrogens with two attached hydrogens (primary N) is 1. The molecular formula is C13H9FN2S. The second-order valence-corrected chi connectivity index (χ2v) is 4.50. The molecule has 0 fully saturated rings. The predicted octanol–water partition coefficient (Wildman–Crippen LogP) is 3.43. The minimum atomic E-state index is -0.270. The zero-order valence-corrected chi connectivity index (χ0v) is 9.67. The van der Waals surface area contributed by atoms with Gasteiger partial charge < -0.3 is 5.73 Å². The van der Waals surface area contributed by atoms with Crippen LogP contribution >= 0.6 is 11.8 Å². The normalized spacial score (nSPS) is 9.88. The van der Waals surface area contributed by atoms with Crippen LogP contribution in [0.25, 0.3) is 0 Å². The van der Waals surface area contributed by atoms with E-state index >= 15 is 0 Å². The molecule has 0 saturated heterocycles. The van der Waals surface area contributed by atoms with E-state index in [4.69, 9.17) is 11.0 Å². The van der Waals surface area contributed by atoms with Crippen molar-refractivity contribution in [1.82, 2.24) is 0 Å². The third-order valence-corrected chi connectivity index (χ3v) is 3.31. The second-order valence-electron chi connectivity index (χ2n) is 3.39. The van der Waals surface area contributed by atoms with Crippen LogP contribution in [0.5, 0.6) is 0 Å². The highest BCUT2D eigenvalue weighted by Gasteiger charge is 2.05. The first-order valence-electron chi connectivity index (χ1n) is 4.92. The van der Waals surface area contributed by atoms with Crippen molar-refractivity contribution in [2.75, 3.05) is 5.73 Å². The molecule has 0 amide bonds. The van der Waals surface area contributed by atoms with E-state index in [1.807, 2.05) is 12.1 Å². The minimum absolute atomic E-state index is 0.270. The molecule has 0 aliphatic rings. The Labute approximate surface area is 103 Å². The molecule has 2 aromatic rings.